The minimum atomic E-state index is 0.918. The van der Waals surface area contributed by atoms with E-state index in [1.807, 2.05) is 48.8 Å². The molecule has 0 aliphatic heterocycles. The second kappa shape index (κ2) is 12.7. The quantitative estimate of drug-likeness (QED) is 0.182. The number of aromatic nitrogens is 3. The Morgan fingerprint density at radius 3 is 1.52 bits per heavy atom. The van der Waals surface area contributed by atoms with E-state index < -0.39 is 0 Å². The molecule has 0 aliphatic rings. The molecule has 234 valence electrons. The molecular weight excluding hydrogens is 607 g/mol. The highest BCUT2D eigenvalue weighted by Crippen LogP contribution is 2.36. The van der Waals surface area contributed by atoms with Crippen molar-refractivity contribution in [1.29, 1.82) is 0 Å². The Morgan fingerprint density at radius 1 is 0.300 bits per heavy atom. The number of nitrogens with zero attached hydrogens (tertiary/aromatic N) is 3. The highest BCUT2D eigenvalue weighted by atomic mass is 14.7. The van der Waals surface area contributed by atoms with Crippen molar-refractivity contribution in [3.8, 4) is 67.0 Å². The maximum absolute atomic E-state index is 5.19. The molecule has 0 fully saturated rings. The molecule has 0 unspecified atom stereocenters. The summed E-state index contributed by atoms with van der Waals surface area (Å²) in [5.41, 5.74) is 15.1. The van der Waals surface area contributed by atoms with Crippen LogP contribution in [0.3, 0.4) is 0 Å². The molecule has 0 amide bonds. The minimum absolute atomic E-state index is 0.918. The van der Waals surface area contributed by atoms with Gasteiger partial charge in [0.15, 0.2) is 0 Å². The van der Waals surface area contributed by atoms with Crippen LogP contribution in [0.2, 0.25) is 0 Å². The van der Waals surface area contributed by atoms with E-state index in [0.717, 1.165) is 66.6 Å². The third kappa shape index (κ3) is 5.61. The van der Waals surface area contributed by atoms with Gasteiger partial charge < -0.3 is 0 Å². The zero-order chi connectivity index (χ0) is 33.3. The van der Waals surface area contributed by atoms with E-state index >= 15 is 0 Å². The Bertz CT molecular complexity index is 2590. The van der Waals surface area contributed by atoms with Crippen LogP contribution in [0.4, 0.5) is 0 Å². The lowest BCUT2D eigenvalue weighted by Crippen LogP contribution is -1.93. The maximum atomic E-state index is 5.19. The SMILES string of the molecule is c1ccc(-c2ccc(-c3ccc4nc(-c5ccc(-c6ccccc6)cc5)cc(-c5ccc(-c6ccnc7ccccc67)nc5)c4c3)cc2)cc1. The van der Waals surface area contributed by atoms with Crippen molar-refractivity contribution in [2.45, 2.75) is 0 Å². The van der Waals surface area contributed by atoms with Crippen LogP contribution in [0.1, 0.15) is 0 Å². The number of rotatable bonds is 6. The summed E-state index contributed by atoms with van der Waals surface area (Å²) in [6.07, 6.45) is 3.84. The van der Waals surface area contributed by atoms with Crippen LogP contribution in [-0.4, -0.2) is 15.0 Å². The molecular formula is C47H31N3. The average molecular weight is 638 g/mol. The number of hydrogen-bond donors (Lipinski definition) is 0. The highest BCUT2D eigenvalue weighted by Gasteiger charge is 2.14. The number of benzene rings is 6. The predicted molar refractivity (Wildman–Crippen MR) is 207 cm³/mol. The van der Waals surface area contributed by atoms with Gasteiger partial charge in [-0.1, -0.05) is 140 Å². The Labute approximate surface area is 291 Å². The first kappa shape index (κ1) is 29.4. The van der Waals surface area contributed by atoms with Crippen molar-refractivity contribution in [3.63, 3.8) is 0 Å². The molecule has 3 nitrogen and oxygen atoms in total. The predicted octanol–water partition coefficient (Wildman–Crippen LogP) is 12.2. The van der Waals surface area contributed by atoms with Gasteiger partial charge in [-0.2, -0.15) is 0 Å². The number of pyridine rings is 3. The van der Waals surface area contributed by atoms with Crippen LogP contribution < -0.4 is 0 Å². The molecule has 9 rings (SSSR count). The number of fused-ring (bicyclic) bond motifs is 2. The van der Waals surface area contributed by atoms with E-state index in [1.165, 1.54) is 22.3 Å². The zero-order valence-corrected chi connectivity index (χ0v) is 27.2. The molecule has 0 spiro atoms. The second-order valence-electron chi connectivity index (χ2n) is 12.5. The Hall–Kier alpha value is -6.71. The van der Waals surface area contributed by atoms with Gasteiger partial charge >= 0.3 is 0 Å². The van der Waals surface area contributed by atoms with Gasteiger partial charge in [0.25, 0.3) is 0 Å². The molecule has 3 heterocycles. The molecule has 0 radical (unpaired) electrons. The molecule has 6 aromatic carbocycles. The van der Waals surface area contributed by atoms with E-state index in [-0.39, 0.29) is 0 Å². The summed E-state index contributed by atoms with van der Waals surface area (Å²) in [5.74, 6) is 0. The normalized spacial score (nSPS) is 11.2. The van der Waals surface area contributed by atoms with Gasteiger partial charge in [0.1, 0.15) is 0 Å². The lowest BCUT2D eigenvalue weighted by atomic mass is 9.94. The van der Waals surface area contributed by atoms with Crippen molar-refractivity contribution in [2.24, 2.45) is 0 Å². The summed E-state index contributed by atoms with van der Waals surface area (Å²) >= 11 is 0. The smallest absolute Gasteiger partial charge is 0.0716 e. The fourth-order valence-corrected chi connectivity index (χ4v) is 6.77. The molecule has 0 saturated carbocycles. The van der Waals surface area contributed by atoms with E-state index in [4.69, 9.17) is 9.97 Å². The van der Waals surface area contributed by atoms with Crippen LogP contribution in [0.5, 0.6) is 0 Å². The van der Waals surface area contributed by atoms with Crippen molar-refractivity contribution >= 4 is 21.8 Å². The molecule has 3 heteroatoms. The molecule has 0 N–H and O–H groups in total. The monoisotopic (exact) mass is 637 g/mol. The first-order chi connectivity index (χ1) is 24.8. The molecule has 0 saturated heterocycles. The summed E-state index contributed by atoms with van der Waals surface area (Å²) in [6.45, 7) is 0. The fourth-order valence-electron chi connectivity index (χ4n) is 6.77. The molecule has 50 heavy (non-hydrogen) atoms. The third-order valence-electron chi connectivity index (χ3n) is 9.42. The lowest BCUT2D eigenvalue weighted by molar-refractivity contribution is 1.32. The van der Waals surface area contributed by atoms with Crippen molar-refractivity contribution in [1.82, 2.24) is 15.0 Å². The van der Waals surface area contributed by atoms with Gasteiger partial charge in [-0.3, -0.25) is 9.97 Å². The largest absolute Gasteiger partial charge is 0.256 e. The van der Waals surface area contributed by atoms with E-state index in [0.29, 0.717) is 0 Å². The summed E-state index contributed by atoms with van der Waals surface area (Å²) < 4.78 is 0. The molecule has 0 atom stereocenters. The number of para-hydroxylation sites is 1. The Kier molecular flexibility index (Phi) is 7.49. The van der Waals surface area contributed by atoms with E-state index in [1.54, 1.807) is 0 Å². The van der Waals surface area contributed by atoms with Crippen molar-refractivity contribution < 1.29 is 0 Å². The summed E-state index contributed by atoms with van der Waals surface area (Å²) in [6, 6.07) is 61.8. The molecule has 9 aromatic rings. The minimum Gasteiger partial charge on any atom is -0.256 e. The third-order valence-corrected chi connectivity index (χ3v) is 9.42. The first-order valence-corrected chi connectivity index (χ1v) is 16.8. The van der Waals surface area contributed by atoms with Gasteiger partial charge in [0.05, 0.1) is 22.4 Å². The van der Waals surface area contributed by atoms with Gasteiger partial charge in [-0.15, -0.1) is 0 Å². The zero-order valence-electron chi connectivity index (χ0n) is 27.2. The van der Waals surface area contributed by atoms with E-state index in [2.05, 4.69) is 145 Å². The van der Waals surface area contributed by atoms with Crippen LogP contribution in [-0.2, 0) is 0 Å². The van der Waals surface area contributed by atoms with Gasteiger partial charge in [-0.05, 0) is 75.3 Å². The molecule has 0 bridgehead atoms. The van der Waals surface area contributed by atoms with Crippen molar-refractivity contribution in [2.75, 3.05) is 0 Å². The van der Waals surface area contributed by atoms with Gasteiger partial charge in [0.2, 0.25) is 0 Å². The van der Waals surface area contributed by atoms with E-state index in [9.17, 15) is 0 Å². The lowest BCUT2D eigenvalue weighted by Gasteiger charge is -2.13. The summed E-state index contributed by atoms with van der Waals surface area (Å²) in [4.78, 5) is 14.7. The maximum Gasteiger partial charge on any atom is 0.0716 e. The molecule has 3 aromatic heterocycles. The highest BCUT2D eigenvalue weighted by molar-refractivity contribution is 5.99. The Morgan fingerprint density at radius 2 is 0.860 bits per heavy atom. The van der Waals surface area contributed by atoms with Crippen LogP contribution in [0.15, 0.2) is 188 Å². The van der Waals surface area contributed by atoms with Crippen LogP contribution >= 0.6 is 0 Å². The Balaban J connectivity index is 1.15. The summed E-state index contributed by atoms with van der Waals surface area (Å²) in [7, 11) is 0. The number of hydrogen-bond acceptors (Lipinski definition) is 3. The topological polar surface area (TPSA) is 38.7 Å². The van der Waals surface area contributed by atoms with Crippen LogP contribution in [0, 0.1) is 0 Å². The average Bonchev–Trinajstić information content (AvgIpc) is 3.21. The first-order valence-electron chi connectivity index (χ1n) is 16.8. The van der Waals surface area contributed by atoms with Gasteiger partial charge in [0, 0.05) is 39.9 Å². The standard InChI is InChI=1S/C47H31N3/c1-3-9-32(10-4-1)34-15-17-36(18-16-34)38-23-26-46-43(29-38)42(30-47(50-46)37-21-19-35(20-22-37)33-11-5-2-6-12-33)39-24-25-45(49-31-39)41-27-28-48-44-14-8-7-13-40(41)44/h1-31H. The fraction of sp³-hybridized carbons (Fsp3) is 0. The van der Waals surface area contributed by atoms with Crippen molar-refractivity contribution in [3.05, 3.63) is 188 Å². The molecule has 0 aliphatic carbocycles. The second-order valence-corrected chi connectivity index (χ2v) is 12.5. The van der Waals surface area contributed by atoms with Gasteiger partial charge in [-0.25, -0.2) is 4.98 Å². The summed E-state index contributed by atoms with van der Waals surface area (Å²) in [5, 5.41) is 2.18. The van der Waals surface area contributed by atoms with Crippen LogP contribution in [0.25, 0.3) is 88.8 Å².